The molecular weight excluding hydrogens is 314 g/mol. The fraction of sp³-hybridized carbons (Fsp3) is 0.118. The lowest BCUT2D eigenvalue weighted by molar-refractivity contribution is -0.115. The first-order valence-corrected chi connectivity index (χ1v) is 6.93. The van der Waals surface area contributed by atoms with Gasteiger partial charge in [-0.1, -0.05) is 12.1 Å². The summed E-state index contributed by atoms with van der Waals surface area (Å²) in [6.45, 7) is 0. The van der Waals surface area contributed by atoms with Crippen LogP contribution in [0.3, 0.4) is 0 Å². The van der Waals surface area contributed by atoms with Crippen LogP contribution in [0.15, 0.2) is 42.5 Å². The lowest BCUT2D eigenvalue weighted by Crippen LogP contribution is -2.15. The number of ether oxygens (including phenoxy) is 1. The van der Waals surface area contributed by atoms with Gasteiger partial charge in [0.15, 0.2) is 0 Å². The zero-order valence-corrected chi connectivity index (χ0v) is 12.8. The lowest BCUT2D eigenvalue weighted by Gasteiger charge is -2.08. The second kappa shape index (κ2) is 7.28. The molecule has 0 fully saturated rings. The molecular formula is C17H15NO6. The fourth-order valence-corrected chi connectivity index (χ4v) is 2.08. The summed E-state index contributed by atoms with van der Waals surface area (Å²) < 4.78 is 5.03. The zero-order chi connectivity index (χ0) is 17.7. The van der Waals surface area contributed by atoms with Gasteiger partial charge in [-0.15, -0.1) is 0 Å². The average Bonchev–Trinajstić information content (AvgIpc) is 2.55. The second-order valence-corrected chi connectivity index (χ2v) is 4.98. The number of carbonyl (C=O) groups is 3. The molecule has 0 heterocycles. The molecule has 0 aromatic heterocycles. The van der Waals surface area contributed by atoms with Gasteiger partial charge < -0.3 is 20.3 Å². The van der Waals surface area contributed by atoms with Crippen LogP contribution in [0.5, 0.6) is 5.75 Å². The first kappa shape index (κ1) is 17.0. The van der Waals surface area contributed by atoms with Crippen LogP contribution >= 0.6 is 0 Å². The van der Waals surface area contributed by atoms with Gasteiger partial charge >= 0.3 is 11.9 Å². The number of carboxylic acids is 2. The smallest absolute Gasteiger partial charge is 0.335 e. The predicted molar refractivity (Wildman–Crippen MR) is 85.7 cm³/mol. The summed E-state index contributed by atoms with van der Waals surface area (Å²) in [4.78, 5) is 34.2. The molecule has 24 heavy (non-hydrogen) atoms. The van der Waals surface area contributed by atoms with Crippen LogP contribution in [0.2, 0.25) is 0 Å². The summed E-state index contributed by atoms with van der Waals surface area (Å²) in [6, 6.07) is 10.3. The van der Waals surface area contributed by atoms with Crippen molar-refractivity contribution in [3.63, 3.8) is 0 Å². The molecule has 0 unspecified atom stereocenters. The molecule has 2 rings (SSSR count). The van der Waals surface area contributed by atoms with Crippen molar-refractivity contribution in [3.8, 4) is 5.75 Å². The maximum atomic E-state index is 12.1. The number of nitrogens with one attached hydrogen (secondary N) is 1. The van der Waals surface area contributed by atoms with Crippen molar-refractivity contribution in [1.82, 2.24) is 0 Å². The molecule has 1 amide bonds. The van der Waals surface area contributed by atoms with Crippen molar-refractivity contribution in [3.05, 3.63) is 59.2 Å². The van der Waals surface area contributed by atoms with Gasteiger partial charge in [0.25, 0.3) is 0 Å². The SMILES string of the molecule is COc1ccc(CC(=O)Nc2cc(C(=O)O)cc(C(=O)O)c2)cc1. The van der Waals surface area contributed by atoms with E-state index in [4.69, 9.17) is 14.9 Å². The first-order chi connectivity index (χ1) is 11.4. The minimum Gasteiger partial charge on any atom is -0.497 e. The van der Waals surface area contributed by atoms with E-state index in [0.29, 0.717) is 5.75 Å². The number of rotatable bonds is 6. The quantitative estimate of drug-likeness (QED) is 0.749. The average molecular weight is 329 g/mol. The van der Waals surface area contributed by atoms with E-state index in [9.17, 15) is 14.4 Å². The Labute approximate surface area is 137 Å². The number of carboxylic acid groups (broad SMARTS) is 2. The van der Waals surface area contributed by atoms with Gasteiger partial charge in [0.05, 0.1) is 24.7 Å². The van der Waals surface area contributed by atoms with Gasteiger partial charge in [-0.3, -0.25) is 4.79 Å². The van der Waals surface area contributed by atoms with Crippen LogP contribution < -0.4 is 10.1 Å². The number of carbonyl (C=O) groups excluding carboxylic acids is 1. The Hall–Kier alpha value is -3.35. The largest absolute Gasteiger partial charge is 0.497 e. The standard InChI is InChI=1S/C17H15NO6/c1-24-14-4-2-10(3-5-14)6-15(19)18-13-8-11(16(20)21)7-12(9-13)17(22)23/h2-5,7-9H,6H2,1H3,(H,18,19)(H,20,21)(H,22,23). The molecule has 3 N–H and O–H groups in total. The van der Waals surface area contributed by atoms with E-state index >= 15 is 0 Å². The van der Waals surface area contributed by atoms with Crippen LogP contribution in [0.1, 0.15) is 26.3 Å². The Bertz CT molecular complexity index is 750. The van der Waals surface area contributed by atoms with E-state index in [0.717, 1.165) is 11.6 Å². The van der Waals surface area contributed by atoms with Gasteiger partial charge in [0.1, 0.15) is 5.75 Å². The number of hydrogen-bond acceptors (Lipinski definition) is 4. The summed E-state index contributed by atoms with van der Waals surface area (Å²) in [7, 11) is 1.54. The Morgan fingerprint density at radius 2 is 1.50 bits per heavy atom. The van der Waals surface area contributed by atoms with Crippen molar-refractivity contribution < 1.29 is 29.3 Å². The van der Waals surface area contributed by atoms with Crippen molar-refractivity contribution in [2.75, 3.05) is 12.4 Å². The van der Waals surface area contributed by atoms with Crippen LogP contribution in [-0.4, -0.2) is 35.2 Å². The lowest BCUT2D eigenvalue weighted by atomic mass is 10.1. The van der Waals surface area contributed by atoms with E-state index in [1.54, 1.807) is 24.3 Å². The molecule has 0 saturated heterocycles. The van der Waals surface area contributed by atoms with E-state index in [1.807, 2.05) is 0 Å². The summed E-state index contributed by atoms with van der Waals surface area (Å²) >= 11 is 0. The molecule has 0 atom stereocenters. The minimum absolute atomic E-state index is 0.0592. The number of anilines is 1. The third kappa shape index (κ3) is 4.33. The first-order valence-electron chi connectivity index (χ1n) is 6.93. The van der Waals surface area contributed by atoms with Crippen LogP contribution in [-0.2, 0) is 11.2 Å². The molecule has 0 spiro atoms. The highest BCUT2D eigenvalue weighted by molar-refractivity contribution is 5.98. The van der Waals surface area contributed by atoms with Gasteiger partial charge in [-0.2, -0.15) is 0 Å². The van der Waals surface area contributed by atoms with Crippen molar-refractivity contribution >= 4 is 23.5 Å². The normalized spacial score (nSPS) is 10.0. The second-order valence-electron chi connectivity index (χ2n) is 4.98. The molecule has 0 aliphatic carbocycles. The monoisotopic (exact) mass is 329 g/mol. The van der Waals surface area contributed by atoms with Crippen LogP contribution in [0.4, 0.5) is 5.69 Å². The summed E-state index contributed by atoms with van der Waals surface area (Å²) in [5.74, 6) is -2.27. The number of hydrogen-bond donors (Lipinski definition) is 3. The molecule has 2 aromatic rings. The maximum absolute atomic E-state index is 12.1. The highest BCUT2D eigenvalue weighted by Gasteiger charge is 2.13. The topological polar surface area (TPSA) is 113 Å². The Balaban J connectivity index is 2.15. The number of aromatic carboxylic acids is 2. The molecule has 0 radical (unpaired) electrons. The van der Waals surface area contributed by atoms with E-state index in [1.165, 1.54) is 19.2 Å². The van der Waals surface area contributed by atoms with Gasteiger partial charge in [-0.05, 0) is 35.9 Å². The minimum atomic E-state index is -1.27. The van der Waals surface area contributed by atoms with E-state index < -0.39 is 11.9 Å². The van der Waals surface area contributed by atoms with Crippen molar-refractivity contribution in [1.29, 1.82) is 0 Å². The Morgan fingerprint density at radius 3 is 1.96 bits per heavy atom. The number of amides is 1. The molecule has 124 valence electrons. The number of methoxy groups -OCH3 is 1. The Kier molecular flexibility index (Phi) is 5.16. The van der Waals surface area contributed by atoms with Crippen molar-refractivity contribution in [2.45, 2.75) is 6.42 Å². The molecule has 0 aliphatic heterocycles. The van der Waals surface area contributed by atoms with Gasteiger partial charge in [0, 0.05) is 5.69 Å². The predicted octanol–water partition coefficient (Wildman–Crippen LogP) is 2.27. The number of benzene rings is 2. The van der Waals surface area contributed by atoms with E-state index in [2.05, 4.69) is 5.32 Å². The van der Waals surface area contributed by atoms with Gasteiger partial charge in [0.2, 0.25) is 5.91 Å². The van der Waals surface area contributed by atoms with Crippen LogP contribution in [0.25, 0.3) is 0 Å². The Morgan fingerprint density at radius 1 is 0.958 bits per heavy atom. The molecule has 0 saturated carbocycles. The maximum Gasteiger partial charge on any atom is 0.335 e. The highest BCUT2D eigenvalue weighted by atomic mass is 16.5. The van der Waals surface area contributed by atoms with Gasteiger partial charge in [-0.25, -0.2) is 9.59 Å². The molecule has 0 bridgehead atoms. The van der Waals surface area contributed by atoms with Crippen molar-refractivity contribution in [2.24, 2.45) is 0 Å². The molecule has 7 heteroatoms. The molecule has 2 aromatic carbocycles. The molecule has 0 aliphatic rings. The fourth-order valence-electron chi connectivity index (χ4n) is 2.08. The summed E-state index contributed by atoms with van der Waals surface area (Å²) in [5, 5.41) is 20.5. The van der Waals surface area contributed by atoms with Crippen LogP contribution in [0, 0.1) is 0 Å². The summed E-state index contributed by atoms with van der Waals surface area (Å²) in [6.07, 6.45) is 0.0592. The third-order valence-electron chi connectivity index (χ3n) is 3.23. The third-order valence-corrected chi connectivity index (χ3v) is 3.23. The highest BCUT2D eigenvalue weighted by Crippen LogP contribution is 2.17. The summed E-state index contributed by atoms with van der Waals surface area (Å²) in [5.41, 5.74) is 0.427. The zero-order valence-electron chi connectivity index (χ0n) is 12.8. The molecule has 7 nitrogen and oxygen atoms in total. The van der Waals surface area contributed by atoms with E-state index in [-0.39, 0.29) is 29.1 Å².